The molecule has 0 spiro atoms. The van der Waals surface area contributed by atoms with Crippen LogP contribution in [-0.2, 0) is 6.61 Å². The van der Waals surface area contributed by atoms with Crippen LogP contribution in [0, 0.1) is 0 Å². The van der Waals surface area contributed by atoms with Gasteiger partial charge in [0.2, 0.25) is 0 Å². The third kappa shape index (κ3) is 1.37. The van der Waals surface area contributed by atoms with Crippen molar-refractivity contribution in [2.75, 3.05) is 0 Å². The molecule has 0 saturated heterocycles. The topological polar surface area (TPSA) is 59.4 Å². The highest BCUT2D eigenvalue weighted by molar-refractivity contribution is 5.08. The highest BCUT2D eigenvalue weighted by atomic mass is 16.4. The van der Waals surface area contributed by atoms with Crippen molar-refractivity contribution in [3.63, 3.8) is 0 Å². The number of hydrogen-bond donors (Lipinski definition) is 2. The third-order valence-electron chi connectivity index (χ3n) is 1.29. The maximum absolute atomic E-state index is 8.60. The summed E-state index contributed by atoms with van der Waals surface area (Å²) >= 11 is 0. The molecule has 1 heterocycles. The average Bonchev–Trinajstić information content (AvgIpc) is 2.34. The number of nitrogens with two attached hydrogens (primary N) is 1. The number of aliphatic hydroxyl groups is 1. The van der Waals surface area contributed by atoms with Crippen LogP contribution in [-0.4, -0.2) is 5.11 Å². The molecule has 0 saturated carbocycles. The summed E-state index contributed by atoms with van der Waals surface area (Å²) in [7, 11) is 0. The Morgan fingerprint density at radius 2 is 2.40 bits per heavy atom. The summed E-state index contributed by atoms with van der Waals surface area (Å²) in [5.74, 6) is 1.27. The quantitative estimate of drug-likeness (QED) is 0.640. The molecule has 10 heavy (non-hydrogen) atoms. The standard InChI is InChI=1S/C7H11NO2/c1-5(8)7-3-2-6(4-9)10-7/h2-3,5,9H,4,8H2,1H3/t5-/m1/s1. The van der Waals surface area contributed by atoms with E-state index in [1.165, 1.54) is 0 Å². The minimum absolute atomic E-state index is 0.0628. The fourth-order valence-electron chi connectivity index (χ4n) is 0.724. The van der Waals surface area contributed by atoms with E-state index in [2.05, 4.69) is 0 Å². The molecular weight excluding hydrogens is 130 g/mol. The minimum atomic E-state index is -0.0969. The van der Waals surface area contributed by atoms with Crippen molar-refractivity contribution in [2.45, 2.75) is 19.6 Å². The lowest BCUT2D eigenvalue weighted by Crippen LogP contribution is -2.02. The zero-order valence-electron chi connectivity index (χ0n) is 5.87. The first-order valence-electron chi connectivity index (χ1n) is 3.19. The van der Waals surface area contributed by atoms with E-state index in [1.807, 2.05) is 6.92 Å². The van der Waals surface area contributed by atoms with Crippen LogP contribution in [0.3, 0.4) is 0 Å². The van der Waals surface area contributed by atoms with Gasteiger partial charge in [-0.1, -0.05) is 0 Å². The van der Waals surface area contributed by atoms with Crippen molar-refractivity contribution < 1.29 is 9.52 Å². The van der Waals surface area contributed by atoms with Gasteiger partial charge < -0.3 is 15.3 Å². The SMILES string of the molecule is C[C@@H](N)c1ccc(CO)o1. The van der Waals surface area contributed by atoms with Crippen molar-refractivity contribution in [1.29, 1.82) is 0 Å². The molecule has 0 unspecified atom stereocenters. The number of rotatable bonds is 2. The molecule has 0 fully saturated rings. The molecule has 1 aromatic rings. The molecule has 1 rings (SSSR count). The zero-order valence-corrected chi connectivity index (χ0v) is 5.87. The molecule has 3 heteroatoms. The summed E-state index contributed by atoms with van der Waals surface area (Å²) in [6.07, 6.45) is 0. The predicted molar refractivity (Wildman–Crippen MR) is 37.2 cm³/mol. The fraction of sp³-hybridized carbons (Fsp3) is 0.429. The molecule has 0 bridgehead atoms. The van der Waals surface area contributed by atoms with Gasteiger partial charge in [0.1, 0.15) is 18.1 Å². The van der Waals surface area contributed by atoms with Gasteiger partial charge in [-0.3, -0.25) is 0 Å². The van der Waals surface area contributed by atoms with Crippen molar-refractivity contribution in [3.8, 4) is 0 Å². The van der Waals surface area contributed by atoms with E-state index in [4.69, 9.17) is 15.3 Å². The lowest BCUT2D eigenvalue weighted by atomic mass is 10.3. The number of hydrogen-bond acceptors (Lipinski definition) is 3. The molecule has 0 aromatic carbocycles. The van der Waals surface area contributed by atoms with Crippen LogP contribution in [0.15, 0.2) is 16.5 Å². The molecular formula is C7H11NO2. The molecule has 0 aliphatic heterocycles. The van der Waals surface area contributed by atoms with Crippen molar-refractivity contribution in [1.82, 2.24) is 0 Å². The Balaban J connectivity index is 2.78. The first kappa shape index (κ1) is 7.31. The number of furan rings is 1. The zero-order chi connectivity index (χ0) is 7.56. The van der Waals surface area contributed by atoms with Crippen LogP contribution < -0.4 is 5.73 Å². The second-order valence-corrected chi connectivity index (χ2v) is 2.25. The molecule has 0 aliphatic carbocycles. The van der Waals surface area contributed by atoms with Crippen LogP contribution in [0.2, 0.25) is 0 Å². The smallest absolute Gasteiger partial charge is 0.129 e. The van der Waals surface area contributed by atoms with E-state index in [9.17, 15) is 0 Å². The summed E-state index contributed by atoms with van der Waals surface area (Å²) < 4.78 is 5.12. The Bertz CT molecular complexity index is 205. The van der Waals surface area contributed by atoms with E-state index in [0.717, 1.165) is 0 Å². The van der Waals surface area contributed by atoms with Crippen LogP contribution in [0.4, 0.5) is 0 Å². The molecule has 0 radical (unpaired) electrons. The van der Waals surface area contributed by atoms with Crippen LogP contribution in [0.5, 0.6) is 0 Å². The summed E-state index contributed by atoms with van der Waals surface area (Å²) in [5, 5.41) is 8.60. The van der Waals surface area contributed by atoms with Crippen LogP contribution in [0.25, 0.3) is 0 Å². The monoisotopic (exact) mass is 141 g/mol. The fourth-order valence-corrected chi connectivity index (χ4v) is 0.724. The minimum Gasteiger partial charge on any atom is -0.462 e. The van der Waals surface area contributed by atoms with E-state index in [1.54, 1.807) is 12.1 Å². The van der Waals surface area contributed by atoms with Gasteiger partial charge in [0.25, 0.3) is 0 Å². The largest absolute Gasteiger partial charge is 0.462 e. The van der Waals surface area contributed by atoms with Gasteiger partial charge in [-0.05, 0) is 19.1 Å². The van der Waals surface area contributed by atoms with Crippen molar-refractivity contribution in [2.24, 2.45) is 5.73 Å². The third-order valence-corrected chi connectivity index (χ3v) is 1.29. The molecule has 56 valence electrons. The first-order valence-corrected chi connectivity index (χ1v) is 3.19. The van der Waals surface area contributed by atoms with E-state index in [-0.39, 0.29) is 12.6 Å². The lowest BCUT2D eigenvalue weighted by Gasteiger charge is -1.97. The Labute approximate surface area is 59.5 Å². The summed E-state index contributed by atoms with van der Waals surface area (Å²) in [6, 6.07) is 3.40. The van der Waals surface area contributed by atoms with Gasteiger partial charge in [-0.2, -0.15) is 0 Å². The Morgan fingerprint density at radius 1 is 1.70 bits per heavy atom. The van der Waals surface area contributed by atoms with E-state index >= 15 is 0 Å². The summed E-state index contributed by atoms with van der Waals surface area (Å²) in [4.78, 5) is 0. The molecule has 3 N–H and O–H groups in total. The van der Waals surface area contributed by atoms with Crippen LogP contribution >= 0.6 is 0 Å². The average molecular weight is 141 g/mol. The first-order chi connectivity index (χ1) is 4.74. The van der Waals surface area contributed by atoms with Gasteiger partial charge in [-0.15, -0.1) is 0 Å². The van der Waals surface area contributed by atoms with E-state index in [0.29, 0.717) is 11.5 Å². The highest BCUT2D eigenvalue weighted by Crippen LogP contribution is 2.13. The Morgan fingerprint density at radius 3 is 2.70 bits per heavy atom. The van der Waals surface area contributed by atoms with Crippen molar-refractivity contribution in [3.05, 3.63) is 23.7 Å². The molecule has 0 amide bonds. The molecule has 3 nitrogen and oxygen atoms in total. The Kier molecular flexibility index (Phi) is 2.09. The lowest BCUT2D eigenvalue weighted by molar-refractivity contribution is 0.242. The summed E-state index contributed by atoms with van der Waals surface area (Å²) in [6.45, 7) is 1.77. The number of aliphatic hydroxyl groups excluding tert-OH is 1. The van der Waals surface area contributed by atoms with Gasteiger partial charge in [0.15, 0.2) is 0 Å². The maximum Gasteiger partial charge on any atom is 0.129 e. The van der Waals surface area contributed by atoms with Crippen LogP contribution in [0.1, 0.15) is 24.5 Å². The molecule has 0 aliphatic rings. The van der Waals surface area contributed by atoms with Gasteiger partial charge in [-0.25, -0.2) is 0 Å². The van der Waals surface area contributed by atoms with Gasteiger partial charge in [0, 0.05) is 0 Å². The summed E-state index contributed by atoms with van der Waals surface area (Å²) in [5.41, 5.74) is 5.51. The Hall–Kier alpha value is -0.800. The maximum atomic E-state index is 8.60. The van der Waals surface area contributed by atoms with E-state index < -0.39 is 0 Å². The molecule has 1 aromatic heterocycles. The molecule has 1 atom stereocenters. The highest BCUT2D eigenvalue weighted by Gasteiger charge is 2.03. The van der Waals surface area contributed by atoms with Gasteiger partial charge >= 0.3 is 0 Å². The van der Waals surface area contributed by atoms with Gasteiger partial charge in [0.05, 0.1) is 6.04 Å². The second-order valence-electron chi connectivity index (χ2n) is 2.25. The second kappa shape index (κ2) is 2.86. The predicted octanol–water partition coefficient (Wildman–Crippen LogP) is 0.792. The van der Waals surface area contributed by atoms with Crippen molar-refractivity contribution >= 4 is 0 Å². The normalized spacial score (nSPS) is 13.5.